The maximum Gasteiger partial charge on any atom is 0.407 e. The Labute approximate surface area is 137 Å². The minimum Gasteiger partial charge on any atom is -0.460 e. The molecule has 0 heterocycles. The van der Waals surface area contributed by atoms with Crippen LogP contribution in [-0.4, -0.2) is 23.7 Å². The van der Waals surface area contributed by atoms with Crippen molar-refractivity contribution in [1.82, 2.24) is 5.32 Å². The number of ether oxygens (including phenoxy) is 2. The van der Waals surface area contributed by atoms with Gasteiger partial charge in [0.05, 0.1) is 5.92 Å². The molecular weight excluding hydrogens is 294 g/mol. The monoisotopic (exact) mass is 319 g/mol. The highest BCUT2D eigenvalue weighted by Gasteiger charge is 2.37. The lowest BCUT2D eigenvalue weighted by Gasteiger charge is -2.25. The second kappa shape index (κ2) is 7.49. The van der Waals surface area contributed by atoms with Gasteiger partial charge in [0, 0.05) is 6.04 Å². The molecule has 0 aliphatic heterocycles. The normalized spacial score (nSPS) is 20.8. The molecule has 0 unspecified atom stereocenters. The Morgan fingerprint density at radius 1 is 1.17 bits per heavy atom. The minimum atomic E-state index is -0.516. The third-order valence-corrected chi connectivity index (χ3v) is 3.74. The summed E-state index contributed by atoms with van der Waals surface area (Å²) in [5, 5.41) is 2.80. The molecule has 1 aromatic carbocycles. The van der Waals surface area contributed by atoms with Crippen LogP contribution in [0.1, 0.15) is 45.6 Å². The fourth-order valence-corrected chi connectivity index (χ4v) is 2.71. The third kappa shape index (κ3) is 5.58. The molecule has 0 radical (unpaired) electrons. The Bertz CT molecular complexity index is 536. The highest BCUT2D eigenvalue weighted by Crippen LogP contribution is 2.28. The van der Waals surface area contributed by atoms with Crippen LogP contribution in [-0.2, 0) is 20.9 Å². The molecule has 1 amide bonds. The summed E-state index contributed by atoms with van der Waals surface area (Å²) in [5.41, 5.74) is 0.413. The van der Waals surface area contributed by atoms with E-state index in [1.165, 1.54) is 0 Å². The molecular formula is C18H25NO4. The number of amides is 1. The number of benzene rings is 1. The van der Waals surface area contributed by atoms with Gasteiger partial charge in [0.15, 0.2) is 0 Å². The highest BCUT2D eigenvalue weighted by atomic mass is 16.6. The largest absolute Gasteiger partial charge is 0.460 e. The predicted molar refractivity (Wildman–Crippen MR) is 86.7 cm³/mol. The molecule has 0 saturated heterocycles. The van der Waals surface area contributed by atoms with E-state index < -0.39 is 11.7 Å². The highest BCUT2D eigenvalue weighted by molar-refractivity contribution is 5.76. The van der Waals surface area contributed by atoms with Crippen LogP contribution in [0, 0.1) is 5.92 Å². The Morgan fingerprint density at radius 2 is 1.87 bits per heavy atom. The van der Waals surface area contributed by atoms with Crippen molar-refractivity contribution in [3.63, 3.8) is 0 Å². The number of hydrogen-bond donors (Lipinski definition) is 1. The van der Waals surface area contributed by atoms with Gasteiger partial charge >= 0.3 is 12.1 Å². The van der Waals surface area contributed by atoms with Gasteiger partial charge in [-0.3, -0.25) is 4.79 Å². The topological polar surface area (TPSA) is 64.6 Å². The first kappa shape index (κ1) is 17.3. The van der Waals surface area contributed by atoms with E-state index in [1.807, 2.05) is 51.1 Å². The number of rotatable bonds is 4. The lowest BCUT2D eigenvalue weighted by Crippen LogP contribution is -2.42. The summed E-state index contributed by atoms with van der Waals surface area (Å²) in [4.78, 5) is 24.2. The fraction of sp³-hybridized carbons (Fsp3) is 0.556. The molecule has 1 aromatic rings. The van der Waals surface area contributed by atoms with Gasteiger partial charge in [-0.15, -0.1) is 0 Å². The van der Waals surface area contributed by atoms with Crippen molar-refractivity contribution in [2.24, 2.45) is 5.92 Å². The molecule has 0 spiro atoms. The summed E-state index contributed by atoms with van der Waals surface area (Å²) in [6, 6.07) is 9.28. The van der Waals surface area contributed by atoms with Crippen molar-refractivity contribution in [1.29, 1.82) is 0 Å². The summed E-state index contributed by atoms with van der Waals surface area (Å²) in [6.45, 7) is 5.75. The molecule has 0 bridgehead atoms. The maximum atomic E-state index is 12.2. The van der Waals surface area contributed by atoms with E-state index in [2.05, 4.69) is 5.32 Å². The summed E-state index contributed by atoms with van der Waals surface area (Å²) in [6.07, 6.45) is 1.91. The Kier molecular flexibility index (Phi) is 5.64. The molecule has 23 heavy (non-hydrogen) atoms. The van der Waals surface area contributed by atoms with Crippen LogP contribution >= 0.6 is 0 Å². The Morgan fingerprint density at radius 3 is 2.52 bits per heavy atom. The number of carbonyl (C=O) groups excluding carboxylic acids is 2. The van der Waals surface area contributed by atoms with Gasteiger partial charge in [0.1, 0.15) is 12.2 Å². The van der Waals surface area contributed by atoms with Crippen LogP contribution in [0.2, 0.25) is 0 Å². The van der Waals surface area contributed by atoms with E-state index in [9.17, 15) is 9.59 Å². The van der Waals surface area contributed by atoms with Gasteiger partial charge in [-0.1, -0.05) is 36.8 Å². The lowest BCUT2D eigenvalue weighted by molar-refractivity contribution is -0.160. The zero-order chi connectivity index (χ0) is 16.9. The second-order valence-corrected chi connectivity index (χ2v) is 6.88. The zero-order valence-electron chi connectivity index (χ0n) is 14.0. The molecule has 1 aliphatic rings. The van der Waals surface area contributed by atoms with Crippen molar-refractivity contribution >= 4 is 12.1 Å². The summed E-state index contributed by atoms with van der Waals surface area (Å²) in [7, 11) is 0. The quantitative estimate of drug-likeness (QED) is 0.864. The molecule has 1 fully saturated rings. The van der Waals surface area contributed by atoms with Gasteiger partial charge in [0.2, 0.25) is 0 Å². The van der Waals surface area contributed by atoms with E-state index in [0.29, 0.717) is 0 Å². The summed E-state index contributed by atoms with van der Waals surface area (Å²) >= 11 is 0. The minimum absolute atomic E-state index is 0.215. The first-order valence-electron chi connectivity index (χ1n) is 8.05. The van der Waals surface area contributed by atoms with Crippen molar-refractivity contribution in [3.05, 3.63) is 35.9 Å². The first-order valence-corrected chi connectivity index (χ1v) is 8.05. The van der Waals surface area contributed by atoms with E-state index in [0.717, 1.165) is 24.8 Å². The predicted octanol–water partition coefficient (Wildman–Crippen LogP) is 3.42. The van der Waals surface area contributed by atoms with E-state index in [-0.39, 0.29) is 24.5 Å². The van der Waals surface area contributed by atoms with Gasteiger partial charge in [0.25, 0.3) is 0 Å². The zero-order valence-corrected chi connectivity index (χ0v) is 14.0. The van der Waals surface area contributed by atoms with Crippen molar-refractivity contribution < 1.29 is 19.1 Å². The second-order valence-electron chi connectivity index (χ2n) is 6.88. The average Bonchev–Trinajstić information content (AvgIpc) is 2.93. The Balaban J connectivity index is 1.83. The van der Waals surface area contributed by atoms with Crippen molar-refractivity contribution in [2.45, 2.75) is 58.3 Å². The lowest BCUT2D eigenvalue weighted by atomic mass is 10.0. The van der Waals surface area contributed by atoms with Crippen LogP contribution in [0.15, 0.2) is 30.3 Å². The van der Waals surface area contributed by atoms with Crippen LogP contribution in [0.5, 0.6) is 0 Å². The molecule has 1 aliphatic carbocycles. The average molecular weight is 319 g/mol. The standard InChI is InChI=1S/C18H25NO4/c1-18(2,3)23-16(20)14-10-7-11-15(14)19-17(21)22-12-13-8-5-4-6-9-13/h4-6,8-9,14-15H,7,10-12H2,1-3H3,(H,19,21)/t14-,15-/m0/s1. The van der Waals surface area contributed by atoms with Gasteiger partial charge in [-0.2, -0.15) is 0 Å². The molecule has 0 aromatic heterocycles. The number of alkyl carbamates (subject to hydrolysis) is 1. The fourth-order valence-electron chi connectivity index (χ4n) is 2.71. The molecule has 2 atom stereocenters. The van der Waals surface area contributed by atoms with E-state index >= 15 is 0 Å². The molecule has 1 N–H and O–H groups in total. The molecule has 2 rings (SSSR count). The molecule has 5 nitrogen and oxygen atoms in total. The van der Waals surface area contributed by atoms with Gasteiger partial charge < -0.3 is 14.8 Å². The smallest absolute Gasteiger partial charge is 0.407 e. The number of esters is 1. The molecule has 5 heteroatoms. The first-order chi connectivity index (χ1) is 10.8. The van der Waals surface area contributed by atoms with Crippen LogP contribution in [0.3, 0.4) is 0 Å². The van der Waals surface area contributed by atoms with E-state index in [4.69, 9.17) is 9.47 Å². The SMILES string of the molecule is CC(C)(C)OC(=O)[C@H]1CCC[C@@H]1NC(=O)OCc1ccccc1. The van der Waals surface area contributed by atoms with Crippen LogP contribution < -0.4 is 5.32 Å². The van der Waals surface area contributed by atoms with Crippen molar-refractivity contribution in [3.8, 4) is 0 Å². The molecule has 126 valence electrons. The van der Waals surface area contributed by atoms with Gasteiger partial charge in [-0.05, 0) is 39.2 Å². The van der Waals surface area contributed by atoms with Crippen LogP contribution in [0.4, 0.5) is 4.79 Å². The number of carbonyl (C=O) groups is 2. The van der Waals surface area contributed by atoms with Gasteiger partial charge in [-0.25, -0.2) is 4.79 Å². The number of hydrogen-bond acceptors (Lipinski definition) is 4. The molecule has 1 saturated carbocycles. The van der Waals surface area contributed by atoms with Crippen LogP contribution in [0.25, 0.3) is 0 Å². The Hall–Kier alpha value is -2.04. The maximum absolute atomic E-state index is 12.2. The summed E-state index contributed by atoms with van der Waals surface area (Å²) in [5.74, 6) is -0.540. The number of nitrogens with one attached hydrogen (secondary N) is 1. The summed E-state index contributed by atoms with van der Waals surface area (Å²) < 4.78 is 10.6. The van der Waals surface area contributed by atoms with E-state index in [1.54, 1.807) is 0 Å². The van der Waals surface area contributed by atoms with Crippen molar-refractivity contribution in [2.75, 3.05) is 0 Å². The third-order valence-electron chi connectivity index (χ3n) is 3.74.